The summed E-state index contributed by atoms with van der Waals surface area (Å²) in [6, 6.07) is 6.13. The smallest absolute Gasteiger partial charge is 0.141 e. The van der Waals surface area contributed by atoms with Gasteiger partial charge in [0.2, 0.25) is 0 Å². The number of hydrogen-bond donors (Lipinski definition) is 1. The van der Waals surface area contributed by atoms with Crippen LogP contribution in [-0.2, 0) is 0 Å². The van der Waals surface area contributed by atoms with Crippen LogP contribution in [-0.4, -0.2) is 4.98 Å². The Bertz CT molecular complexity index is 584. The van der Waals surface area contributed by atoms with E-state index >= 15 is 0 Å². The lowest BCUT2D eigenvalue weighted by molar-refractivity contribution is 0.626. The maximum Gasteiger partial charge on any atom is 0.141 e. The van der Waals surface area contributed by atoms with E-state index in [9.17, 15) is 4.39 Å². The van der Waals surface area contributed by atoms with Crippen LogP contribution in [0.2, 0.25) is 0 Å². The Morgan fingerprint density at radius 3 is 2.80 bits per heavy atom. The Balaban J connectivity index is 2.84. The number of hydrogen-bond acceptors (Lipinski definition) is 3. The lowest BCUT2D eigenvalue weighted by Crippen LogP contribution is -1.95. The molecule has 0 radical (unpaired) electrons. The number of nitrogens with two attached hydrogens (primary N) is 1. The highest BCUT2D eigenvalue weighted by Crippen LogP contribution is 2.21. The first-order valence-corrected chi connectivity index (χ1v) is 4.38. The highest BCUT2D eigenvalue weighted by atomic mass is 19.1. The molecule has 0 unspecified atom stereocenters. The van der Waals surface area contributed by atoms with Crippen molar-refractivity contribution in [3.63, 3.8) is 0 Å². The fourth-order valence-electron chi connectivity index (χ4n) is 1.39. The minimum atomic E-state index is -0.546. The standard InChI is InChI=1S/C11H8FN3/c1-6-10(14)3-7-2-9(12)8(5-13)4-11(7)15-6/h2-4H,14H2,1H3. The van der Waals surface area contributed by atoms with Gasteiger partial charge in [-0.25, -0.2) is 4.39 Å². The van der Waals surface area contributed by atoms with Crippen molar-refractivity contribution in [2.45, 2.75) is 6.92 Å². The minimum Gasteiger partial charge on any atom is -0.397 e. The van der Waals surface area contributed by atoms with Crippen LogP contribution in [0.5, 0.6) is 0 Å². The first kappa shape index (κ1) is 9.41. The molecule has 0 spiro atoms. The second kappa shape index (κ2) is 3.21. The third-order valence-electron chi connectivity index (χ3n) is 2.25. The van der Waals surface area contributed by atoms with Gasteiger partial charge in [-0.2, -0.15) is 5.26 Å². The SMILES string of the molecule is Cc1nc2cc(C#N)c(F)cc2cc1N. The molecular formula is C11H8FN3. The molecule has 0 saturated heterocycles. The first-order valence-electron chi connectivity index (χ1n) is 4.38. The topological polar surface area (TPSA) is 62.7 Å². The molecule has 0 aliphatic carbocycles. The van der Waals surface area contributed by atoms with Crippen LogP contribution < -0.4 is 5.73 Å². The Morgan fingerprint density at radius 1 is 1.40 bits per heavy atom. The number of benzene rings is 1. The number of fused-ring (bicyclic) bond motifs is 1. The predicted molar refractivity (Wildman–Crippen MR) is 55.6 cm³/mol. The second-order valence-electron chi connectivity index (χ2n) is 3.30. The summed E-state index contributed by atoms with van der Waals surface area (Å²) in [6.07, 6.45) is 0. The van der Waals surface area contributed by atoms with Gasteiger partial charge >= 0.3 is 0 Å². The predicted octanol–water partition coefficient (Wildman–Crippen LogP) is 2.14. The van der Waals surface area contributed by atoms with Crippen molar-refractivity contribution in [2.75, 3.05) is 5.73 Å². The van der Waals surface area contributed by atoms with Gasteiger partial charge in [-0.05, 0) is 25.1 Å². The summed E-state index contributed by atoms with van der Waals surface area (Å²) < 4.78 is 13.3. The summed E-state index contributed by atoms with van der Waals surface area (Å²) in [5.74, 6) is -0.546. The van der Waals surface area contributed by atoms with E-state index in [1.807, 2.05) is 0 Å². The minimum absolute atomic E-state index is 0.000767. The zero-order valence-corrected chi connectivity index (χ0v) is 8.08. The monoisotopic (exact) mass is 201 g/mol. The molecular weight excluding hydrogens is 193 g/mol. The lowest BCUT2D eigenvalue weighted by atomic mass is 10.1. The molecule has 2 aromatic rings. The van der Waals surface area contributed by atoms with Gasteiger partial charge in [-0.15, -0.1) is 0 Å². The number of aromatic nitrogens is 1. The van der Waals surface area contributed by atoms with E-state index in [4.69, 9.17) is 11.0 Å². The zero-order valence-electron chi connectivity index (χ0n) is 8.08. The van der Waals surface area contributed by atoms with Crippen LogP contribution in [0.1, 0.15) is 11.3 Å². The average molecular weight is 201 g/mol. The summed E-state index contributed by atoms with van der Waals surface area (Å²) in [6.45, 7) is 1.77. The van der Waals surface area contributed by atoms with Crippen LogP contribution >= 0.6 is 0 Å². The average Bonchev–Trinajstić information content (AvgIpc) is 2.20. The molecule has 4 heteroatoms. The summed E-state index contributed by atoms with van der Waals surface area (Å²) >= 11 is 0. The van der Waals surface area contributed by atoms with Crippen LogP contribution in [0.4, 0.5) is 10.1 Å². The fourth-order valence-corrected chi connectivity index (χ4v) is 1.39. The molecule has 0 bridgehead atoms. The van der Waals surface area contributed by atoms with Crippen molar-refractivity contribution in [2.24, 2.45) is 0 Å². The summed E-state index contributed by atoms with van der Waals surface area (Å²) in [4.78, 5) is 4.18. The maximum absolute atomic E-state index is 13.3. The number of aryl methyl sites for hydroxylation is 1. The van der Waals surface area contributed by atoms with Crippen molar-refractivity contribution in [1.29, 1.82) is 5.26 Å². The van der Waals surface area contributed by atoms with Gasteiger partial charge in [0.15, 0.2) is 0 Å². The van der Waals surface area contributed by atoms with Crippen LogP contribution in [0.15, 0.2) is 18.2 Å². The van der Waals surface area contributed by atoms with Crippen LogP contribution in [0.25, 0.3) is 10.9 Å². The van der Waals surface area contributed by atoms with E-state index in [-0.39, 0.29) is 5.56 Å². The quantitative estimate of drug-likeness (QED) is 0.710. The van der Waals surface area contributed by atoms with E-state index < -0.39 is 5.82 Å². The molecule has 0 aliphatic heterocycles. The zero-order chi connectivity index (χ0) is 11.0. The summed E-state index contributed by atoms with van der Waals surface area (Å²) in [5.41, 5.74) is 7.44. The van der Waals surface area contributed by atoms with Crippen molar-refractivity contribution < 1.29 is 4.39 Å². The van der Waals surface area contributed by atoms with Gasteiger partial charge in [-0.3, -0.25) is 4.98 Å². The normalized spacial score (nSPS) is 10.2. The molecule has 0 fully saturated rings. The number of anilines is 1. The highest BCUT2D eigenvalue weighted by molar-refractivity contribution is 5.83. The van der Waals surface area contributed by atoms with E-state index in [1.54, 1.807) is 19.1 Å². The lowest BCUT2D eigenvalue weighted by Gasteiger charge is -2.03. The molecule has 2 N–H and O–H groups in total. The first-order chi connectivity index (χ1) is 7.11. The van der Waals surface area contributed by atoms with Crippen molar-refractivity contribution in [3.05, 3.63) is 35.3 Å². The van der Waals surface area contributed by atoms with Gasteiger partial charge in [-0.1, -0.05) is 0 Å². The number of pyridine rings is 1. The fraction of sp³-hybridized carbons (Fsp3) is 0.0909. The molecule has 74 valence electrons. The van der Waals surface area contributed by atoms with E-state index in [0.29, 0.717) is 22.3 Å². The van der Waals surface area contributed by atoms with Gasteiger partial charge in [0.1, 0.15) is 11.9 Å². The molecule has 2 rings (SSSR count). The number of nitrogens with zero attached hydrogens (tertiary/aromatic N) is 2. The van der Waals surface area contributed by atoms with Crippen LogP contribution in [0.3, 0.4) is 0 Å². The third kappa shape index (κ3) is 1.48. The third-order valence-corrected chi connectivity index (χ3v) is 2.25. The van der Waals surface area contributed by atoms with Gasteiger partial charge in [0.05, 0.1) is 22.5 Å². The second-order valence-corrected chi connectivity index (χ2v) is 3.30. The van der Waals surface area contributed by atoms with Gasteiger partial charge in [0.25, 0.3) is 0 Å². The van der Waals surface area contributed by atoms with Gasteiger partial charge < -0.3 is 5.73 Å². The van der Waals surface area contributed by atoms with E-state index in [2.05, 4.69) is 4.98 Å². The molecule has 1 heterocycles. The maximum atomic E-state index is 13.3. The molecule has 1 aromatic carbocycles. The van der Waals surface area contributed by atoms with E-state index in [0.717, 1.165) is 0 Å². The molecule has 0 amide bonds. The van der Waals surface area contributed by atoms with Gasteiger partial charge in [0, 0.05) is 5.39 Å². The number of nitrogen functional groups attached to an aromatic ring is 1. The summed E-state index contributed by atoms with van der Waals surface area (Å²) in [7, 11) is 0. The molecule has 1 aromatic heterocycles. The van der Waals surface area contributed by atoms with Crippen molar-refractivity contribution >= 4 is 16.6 Å². The van der Waals surface area contributed by atoms with E-state index in [1.165, 1.54) is 12.1 Å². The molecule has 0 saturated carbocycles. The largest absolute Gasteiger partial charge is 0.397 e. The molecule has 15 heavy (non-hydrogen) atoms. The Labute approximate surface area is 86.0 Å². The number of nitriles is 1. The Hall–Kier alpha value is -2.15. The number of rotatable bonds is 0. The molecule has 0 aliphatic rings. The Morgan fingerprint density at radius 2 is 2.13 bits per heavy atom. The van der Waals surface area contributed by atoms with Crippen molar-refractivity contribution in [3.8, 4) is 6.07 Å². The molecule has 0 atom stereocenters. The Kier molecular flexibility index (Phi) is 2.01. The molecule has 3 nitrogen and oxygen atoms in total. The van der Waals surface area contributed by atoms with Crippen LogP contribution in [0, 0.1) is 24.1 Å². The summed E-state index contributed by atoms with van der Waals surface area (Å²) in [5, 5.41) is 9.27. The number of halogens is 1. The highest BCUT2D eigenvalue weighted by Gasteiger charge is 2.06. The van der Waals surface area contributed by atoms with Crippen molar-refractivity contribution in [1.82, 2.24) is 4.98 Å².